The van der Waals surface area contributed by atoms with E-state index in [0.29, 0.717) is 6.04 Å². The van der Waals surface area contributed by atoms with Gasteiger partial charge >= 0.3 is 0 Å². The van der Waals surface area contributed by atoms with E-state index in [-0.39, 0.29) is 0 Å². The minimum absolute atomic E-state index is 0.442. The van der Waals surface area contributed by atoms with Gasteiger partial charge in [0.2, 0.25) is 0 Å². The fraction of sp³-hybridized carbons (Fsp3) is 0.684. The summed E-state index contributed by atoms with van der Waals surface area (Å²) in [5, 5.41) is 3.72. The summed E-state index contributed by atoms with van der Waals surface area (Å²) in [7, 11) is 0. The van der Waals surface area contributed by atoms with Crippen LogP contribution in [0.1, 0.15) is 57.7 Å². The largest absolute Gasteiger partial charge is 0.309 e. The maximum absolute atomic E-state index is 3.72. The average Bonchev–Trinajstić information content (AvgIpc) is 2.92. The molecule has 0 spiro atoms. The van der Waals surface area contributed by atoms with Crippen LogP contribution >= 0.6 is 0 Å². The van der Waals surface area contributed by atoms with Crippen LogP contribution in [0.4, 0.5) is 0 Å². The van der Waals surface area contributed by atoms with E-state index in [2.05, 4.69) is 62.2 Å². The number of likely N-dealkylation sites (tertiary alicyclic amines) is 1. The van der Waals surface area contributed by atoms with Crippen LogP contribution < -0.4 is 5.32 Å². The van der Waals surface area contributed by atoms with Gasteiger partial charge in [-0.2, -0.15) is 0 Å². The van der Waals surface area contributed by atoms with E-state index in [1.54, 1.807) is 0 Å². The summed E-state index contributed by atoms with van der Waals surface area (Å²) in [5.74, 6) is 0.730. The summed E-state index contributed by atoms with van der Waals surface area (Å²) < 4.78 is 0. The molecule has 0 amide bonds. The van der Waals surface area contributed by atoms with Crippen molar-refractivity contribution >= 4 is 0 Å². The highest BCUT2D eigenvalue weighted by Gasteiger charge is 2.22. The van der Waals surface area contributed by atoms with Crippen LogP contribution in [0.15, 0.2) is 24.3 Å². The quantitative estimate of drug-likeness (QED) is 0.815. The lowest BCUT2D eigenvalue weighted by Gasteiger charge is -2.25. The van der Waals surface area contributed by atoms with Gasteiger partial charge in [-0.1, -0.05) is 45.0 Å². The fourth-order valence-electron chi connectivity index (χ4n) is 3.39. The number of nitrogens with one attached hydrogen (secondary N) is 1. The van der Waals surface area contributed by atoms with Crippen LogP contribution in [0.5, 0.6) is 0 Å². The van der Waals surface area contributed by atoms with E-state index in [9.17, 15) is 0 Å². The monoisotopic (exact) mass is 288 g/mol. The zero-order chi connectivity index (χ0) is 15.2. The van der Waals surface area contributed by atoms with Crippen LogP contribution in [0, 0.1) is 5.92 Å². The lowest BCUT2D eigenvalue weighted by Crippen LogP contribution is -2.38. The van der Waals surface area contributed by atoms with Gasteiger partial charge in [0.15, 0.2) is 0 Å². The number of hydrogen-bond donors (Lipinski definition) is 1. The molecule has 2 heteroatoms. The van der Waals surface area contributed by atoms with Crippen molar-refractivity contribution in [3.63, 3.8) is 0 Å². The molecule has 1 N–H and O–H groups in total. The second-order valence-electron chi connectivity index (χ2n) is 6.89. The zero-order valence-electron chi connectivity index (χ0n) is 14.2. The van der Waals surface area contributed by atoms with Crippen molar-refractivity contribution in [2.75, 3.05) is 19.6 Å². The average molecular weight is 288 g/mol. The Morgan fingerprint density at radius 2 is 1.90 bits per heavy atom. The molecule has 1 aliphatic rings. The zero-order valence-corrected chi connectivity index (χ0v) is 14.2. The van der Waals surface area contributed by atoms with Crippen molar-refractivity contribution in [2.24, 2.45) is 5.92 Å². The molecule has 2 nitrogen and oxygen atoms in total. The molecule has 0 aliphatic carbocycles. The third-order valence-electron chi connectivity index (χ3n) is 4.69. The Labute approximate surface area is 130 Å². The Bertz CT molecular complexity index is 410. The van der Waals surface area contributed by atoms with Gasteiger partial charge in [0, 0.05) is 18.6 Å². The first-order chi connectivity index (χ1) is 10.1. The van der Waals surface area contributed by atoms with Gasteiger partial charge < -0.3 is 5.32 Å². The predicted octanol–water partition coefficient (Wildman–Crippen LogP) is 4.02. The molecule has 118 valence electrons. The lowest BCUT2D eigenvalue weighted by atomic mass is 10.00. The Morgan fingerprint density at radius 1 is 1.19 bits per heavy atom. The molecule has 1 aromatic rings. The van der Waals surface area contributed by atoms with Gasteiger partial charge in [-0.05, 0) is 56.3 Å². The number of rotatable bonds is 7. The van der Waals surface area contributed by atoms with Crippen molar-refractivity contribution in [2.45, 2.75) is 59.0 Å². The van der Waals surface area contributed by atoms with Crippen molar-refractivity contribution in [1.82, 2.24) is 10.2 Å². The second-order valence-corrected chi connectivity index (χ2v) is 6.89. The van der Waals surface area contributed by atoms with Gasteiger partial charge in [0.1, 0.15) is 0 Å². The normalized spacial score (nSPS) is 21.1. The molecule has 0 aromatic heterocycles. The highest BCUT2D eigenvalue weighted by atomic mass is 15.2. The first-order valence-electron chi connectivity index (χ1n) is 8.66. The molecule has 0 bridgehead atoms. The molecular formula is C19H32N2. The molecule has 1 aliphatic heterocycles. The smallest absolute Gasteiger partial charge is 0.0292 e. The van der Waals surface area contributed by atoms with Crippen molar-refractivity contribution in [3.8, 4) is 0 Å². The summed E-state index contributed by atoms with van der Waals surface area (Å²) in [6, 6.07) is 10.3. The molecule has 1 aromatic carbocycles. The minimum Gasteiger partial charge on any atom is -0.309 e. The topological polar surface area (TPSA) is 15.3 Å². The van der Waals surface area contributed by atoms with E-state index in [1.165, 1.54) is 43.5 Å². The number of benzene rings is 1. The summed E-state index contributed by atoms with van der Waals surface area (Å²) in [6.45, 7) is 12.7. The Balaban J connectivity index is 1.84. The van der Waals surface area contributed by atoms with Crippen molar-refractivity contribution in [1.29, 1.82) is 0 Å². The number of nitrogens with zero attached hydrogens (tertiary/aromatic N) is 1. The van der Waals surface area contributed by atoms with Gasteiger partial charge in [-0.3, -0.25) is 4.90 Å². The molecule has 1 heterocycles. The van der Waals surface area contributed by atoms with Crippen LogP contribution in [0.3, 0.4) is 0 Å². The third kappa shape index (κ3) is 4.82. The highest BCUT2D eigenvalue weighted by molar-refractivity contribution is 5.25. The molecule has 0 radical (unpaired) electrons. The third-order valence-corrected chi connectivity index (χ3v) is 4.69. The first kappa shape index (κ1) is 16.5. The summed E-state index contributed by atoms with van der Waals surface area (Å²) >= 11 is 0. The van der Waals surface area contributed by atoms with Crippen LogP contribution in [0.2, 0.25) is 0 Å². The standard InChI is InChI=1S/C19H32N2/c1-5-21-12-6-7-19(21)14-20-16(4)18-10-8-17(9-11-18)13-15(2)3/h8-11,15-16,19-20H,5-7,12-14H2,1-4H3. The van der Waals surface area contributed by atoms with Gasteiger partial charge in [0.25, 0.3) is 0 Å². The molecule has 2 rings (SSSR count). The van der Waals surface area contributed by atoms with E-state index < -0.39 is 0 Å². The molecule has 1 fully saturated rings. The van der Waals surface area contributed by atoms with Gasteiger partial charge in [0.05, 0.1) is 0 Å². The van der Waals surface area contributed by atoms with Gasteiger partial charge in [-0.15, -0.1) is 0 Å². The first-order valence-corrected chi connectivity index (χ1v) is 8.66. The Morgan fingerprint density at radius 3 is 2.52 bits per heavy atom. The molecule has 21 heavy (non-hydrogen) atoms. The predicted molar refractivity (Wildman–Crippen MR) is 91.7 cm³/mol. The lowest BCUT2D eigenvalue weighted by molar-refractivity contribution is 0.255. The summed E-state index contributed by atoms with van der Waals surface area (Å²) in [6.07, 6.45) is 3.88. The van der Waals surface area contributed by atoms with Crippen LogP contribution in [0.25, 0.3) is 0 Å². The van der Waals surface area contributed by atoms with Crippen LogP contribution in [-0.2, 0) is 6.42 Å². The molecule has 2 atom stereocenters. The molecule has 0 saturated carbocycles. The minimum atomic E-state index is 0.442. The highest BCUT2D eigenvalue weighted by Crippen LogP contribution is 2.19. The van der Waals surface area contributed by atoms with E-state index >= 15 is 0 Å². The summed E-state index contributed by atoms with van der Waals surface area (Å²) in [5.41, 5.74) is 2.86. The Hall–Kier alpha value is -0.860. The maximum atomic E-state index is 3.72. The van der Waals surface area contributed by atoms with E-state index in [0.717, 1.165) is 18.5 Å². The number of hydrogen-bond acceptors (Lipinski definition) is 2. The SMILES string of the molecule is CCN1CCCC1CNC(C)c1ccc(CC(C)C)cc1. The molecule has 1 saturated heterocycles. The van der Waals surface area contributed by atoms with Crippen molar-refractivity contribution in [3.05, 3.63) is 35.4 Å². The van der Waals surface area contributed by atoms with E-state index in [1.807, 2.05) is 0 Å². The van der Waals surface area contributed by atoms with Gasteiger partial charge in [-0.25, -0.2) is 0 Å². The van der Waals surface area contributed by atoms with E-state index in [4.69, 9.17) is 0 Å². The molecular weight excluding hydrogens is 256 g/mol. The van der Waals surface area contributed by atoms with Crippen molar-refractivity contribution < 1.29 is 0 Å². The summed E-state index contributed by atoms with van der Waals surface area (Å²) in [4.78, 5) is 2.60. The second kappa shape index (κ2) is 7.95. The number of likely N-dealkylation sites (N-methyl/N-ethyl adjacent to an activating group) is 1. The van der Waals surface area contributed by atoms with Crippen LogP contribution in [-0.4, -0.2) is 30.6 Å². The molecule has 2 unspecified atom stereocenters. The fourth-order valence-corrected chi connectivity index (χ4v) is 3.39. The maximum Gasteiger partial charge on any atom is 0.0292 e. The Kier molecular flexibility index (Phi) is 6.25.